The number of benzene rings is 1. The Morgan fingerprint density at radius 3 is 2.52 bits per heavy atom. The second-order valence-electron chi connectivity index (χ2n) is 6.84. The van der Waals surface area contributed by atoms with Crippen molar-refractivity contribution in [2.45, 2.75) is 25.8 Å². The minimum Gasteiger partial charge on any atom is -0.493 e. The Morgan fingerprint density at radius 2 is 1.90 bits per heavy atom. The average Bonchev–Trinajstić information content (AvgIpc) is 3.58. The van der Waals surface area contributed by atoms with Gasteiger partial charge in [0.25, 0.3) is 5.91 Å². The molecule has 2 amide bonds. The fourth-order valence-corrected chi connectivity index (χ4v) is 2.76. The third-order valence-electron chi connectivity index (χ3n) is 4.59. The highest BCUT2D eigenvalue weighted by Gasteiger charge is 2.29. The lowest BCUT2D eigenvalue weighted by Crippen LogP contribution is -2.31. The number of carbonyl (C=O) groups is 2. The summed E-state index contributed by atoms with van der Waals surface area (Å²) in [5.74, 6) is 1.40. The molecule has 1 heterocycles. The van der Waals surface area contributed by atoms with Gasteiger partial charge in [0.05, 0.1) is 32.1 Å². The molecule has 1 aliphatic rings. The molecular weight excluding hydrogens is 374 g/mol. The number of nitrogens with zero attached hydrogens (tertiary/aromatic N) is 1. The molecule has 0 saturated heterocycles. The maximum absolute atomic E-state index is 12.2. The minimum absolute atomic E-state index is 0.0176. The van der Waals surface area contributed by atoms with Crippen LogP contribution in [0.3, 0.4) is 0 Å². The molecule has 1 aromatic heterocycles. The van der Waals surface area contributed by atoms with Crippen LogP contribution in [0.25, 0.3) is 0 Å². The molecule has 1 saturated carbocycles. The summed E-state index contributed by atoms with van der Waals surface area (Å²) in [6, 6.07) is 8.56. The van der Waals surface area contributed by atoms with Gasteiger partial charge in [0, 0.05) is 12.0 Å². The second kappa shape index (κ2) is 9.27. The molecule has 29 heavy (non-hydrogen) atoms. The van der Waals surface area contributed by atoms with Crippen molar-refractivity contribution in [2.75, 3.05) is 26.1 Å². The molecule has 8 heteroatoms. The van der Waals surface area contributed by atoms with Crippen LogP contribution in [-0.4, -0.2) is 37.6 Å². The quantitative estimate of drug-likeness (QED) is 0.673. The van der Waals surface area contributed by atoms with Gasteiger partial charge in [0.1, 0.15) is 0 Å². The summed E-state index contributed by atoms with van der Waals surface area (Å²) < 4.78 is 15.9. The van der Waals surface area contributed by atoms with Crippen molar-refractivity contribution >= 4 is 17.5 Å². The molecule has 8 nitrogen and oxygen atoms in total. The topological polar surface area (TPSA) is 98.8 Å². The summed E-state index contributed by atoms with van der Waals surface area (Å²) >= 11 is 0. The van der Waals surface area contributed by atoms with Crippen LogP contribution in [-0.2, 0) is 9.59 Å². The van der Waals surface area contributed by atoms with E-state index in [0.29, 0.717) is 23.1 Å². The van der Waals surface area contributed by atoms with E-state index in [1.54, 1.807) is 32.4 Å². The number of amides is 2. The first kappa shape index (κ1) is 20.4. The molecule has 2 aromatic rings. The monoisotopic (exact) mass is 399 g/mol. The summed E-state index contributed by atoms with van der Waals surface area (Å²) in [6.07, 6.45) is 3.40. The van der Waals surface area contributed by atoms with E-state index in [2.05, 4.69) is 15.6 Å². The van der Waals surface area contributed by atoms with Gasteiger partial charge in [0.2, 0.25) is 11.8 Å². The molecule has 1 fully saturated rings. The van der Waals surface area contributed by atoms with Crippen molar-refractivity contribution in [2.24, 2.45) is 5.92 Å². The van der Waals surface area contributed by atoms with E-state index in [0.717, 1.165) is 18.4 Å². The van der Waals surface area contributed by atoms with Gasteiger partial charge >= 0.3 is 0 Å². The zero-order chi connectivity index (χ0) is 20.8. The predicted octanol–water partition coefficient (Wildman–Crippen LogP) is 2.70. The molecule has 1 aromatic carbocycles. The van der Waals surface area contributed by atoms with Crippen molar-refractivity contribution in [3.8, 4) is 17.4 Å². The van der Waals surface area contributed by atoms with Gasteiger partial charge in [-0.3, -0.25) is 9.59 Å². The summed E-state index contributed by atoms with van der Waals surface area (Å²) in [4.78, 5) is 28.0. The lowest BCUT2D eigenvalue weighted by molar-refractivity contribution is -0.123. The van der Waals surface area contributed by atoms with Crippen LogP contribution < -0.4 is 24.8 Å². The van der Waals surface area contributed by atoms with Crippen molar-refractivity contribution < 1.29 is 23.8 Å². The SMILES string of the molecule is COc1ccc(C(C)NC(=O)COc2ccc(NC(=O)C3CC3)cn2)cc1OC. The molecule has 0 aliphatic heterocycles. The Balaban J connectivity index is 1.48. The van der Waals surface area contributed by atoms with Crippen LogP contribution in [0, 0.1) is 5.92 Å². The number of hydrogen-bond donors (Lipinski definition) is 2. The van der Waals surface area contributed by atoms with Gasteiger partial charge < -0.3 is 24.8 Å². The maximum atomic E-state index is 12.2. The van der Waals surface area contributed by atoms with E-state index in [4.69, 9.17) is 14.2 Å². The van der Waals surface area contributed by atoms with Gasteiger partial charge in [-0.25, -0.2) is 4.98 Å². The van der Waals surface area contributed by atoms with Gasteiger partial charge in [0.15, 0.2) is 18.1 Å². The molecule has 2 N–H and O–H groups in total. The fourth-order valence-electron chi connectivity index (χ4n) is 2.76. The second-order valence-corrected chi connectivity index (χ2v) is 6.84. The number of anilines is 1. The van der Waals surface area contributed by atoms with Gasteiger partial charge in [-0.05, 0) is 43.5 Å². The number of methoxy groups -OCH3 is 2. The third kappa shape index (κ3) is 5.60. The molecule has 1 atom stereocenters. The Kier molecular flexibility index (Phi) is 6.54. The number of rotatable bonds is 9. The predicted molar refractivity (Wildman–Crippen MR) is 107 cm³/mol. The Labute approximate surface area is 169 Å². The van der Waals surface area contributed by atoms with Gasteiger partial charge in [-0.1, -0.05) is 6.07 Å². The summed E-state index contributed by atoms with van der Waals surface area (Å²) in [5.41, 5.74) is 1.49. The lowest BCUT2D eigenvalue weighted by atomic mass is 10.1. The van der Waals surface area contributed by atoms with Crippen LogP contribution in [0.2, 0.25) is 0 Å². The van der Waals surface area contributed by atoms with Crippen molar-refractivity contribution in [3.05, 3.63) is 42.1 Å². The third-order valence-corrected chi connectivity index (χ3v) is 4.59. The number of aromatic nitrogens is 1. The Hall–Kier alpha value is -3.29. The number of ether oxygens (including phenoxy) is 3. The van der Waals surface area contributed by atoms with Crippen molar-refractivity contribution in [3.63, 3.8) is 0 Å². The van der Waals surface area contributed by atoms with Crippen molar-refractivity contribution in [1.82, 2.24) is 10.3 Å². The minimum atomic E-state index is -0.278. The van der Waals surface area contributed by atoms with Gasteiger partial charge in [-0.2, -0.15) is 0 Å². The molecule has 0 bridgehead atoms. The van der Waals surface area contributed by atoms with Crippen LogP contribution in [0.15, 0.2) is 36.5 Å². The fraction of sp³-hybridized carbons (Fsp3) is 0.381. The smallest absolute Gasteiger partial charge is 0.258 e. The zero-order valence-electron chi connectivity index (χ0n) is 16.7. The highest BCUT2D eigenvalue weighted by Crippen LogP contribution is 2.30. The van der Waals surface area contributed by atoms with E-state index < -0.39 is 0 Å². The molecular formula is C21H25N3O5. The van der Waals surface area contributed by atoms with E-state index in [9.17, 15) is 9.59 Å². The first-order valence-electron chi connectivity index (χ1n) is 9.41. The summed E-state index contributed by atoms with van der Waals surface area (Å²) in [6.45, 7) is 1.70. The molecule has 0 spiro atoms. The number of hydrogen-bond acceptors (Lipinski definition) is 6. The number of pyridine rings is 1. The Morgan fingerprint density at radius 1 is 1.14 bits per heavy atom. The Bertz CT molecular complexity index is 865. The van der Waals surface area contributed by atoms with E-state index in [1.807, 2.05) is 19.1 Å². The van der Waals surface area contributed by atoms with Gasteiger partial charge in [-0.15, -0.1) is 0 Å². The van der Waals surface area contributed by atoms with E-state index in [1.165, 1.54) is 6.20 Å². The largest absolute Gasteiger partial charge is 0.493 e. The standard InChI is InChI=1S/C21H25N3O5/c1-13(15-6-8-17(27-2)18(10-15)28-3)23-19(25)12-29-20-9-7-16(11-22-20)24-21(26)14-4-5-14/h6-11,13-14H,4-5,12H2,1-3H3,(H,23,25)(H,24,26). The van der Waals surface area contributed by atoms with Crippen LogP contribution in [0.1, 0.15) is 31.4 Å². The zero-order valence-corrected chi connectivity index (χ0v) is 16.7. The molecule has 3 rings (SSSR count). The summed E-state index contributed by atoms with van der Waals surface area (Å²) in [7, 11) is 3.13. The first-order chi connectivity index (χ1) is 14.0. The van der Waals surface area contributed by atoms with E-state index in [-0.39, 0.29) is 30.4 Å². The van der Waals surface area contributed by atoms with Crippen molar-refractivity contribution in [1.29, 1.82) is 0 Å². The molecule has 0 radical (unpaired) electrons. The highest BCUT2D eigenvalue weighted by atomic mass is 16.5. The molecule has 1 aliphatic carbocycles. The van der Waals surface area contributed by atoms with Crippen LogP contribution >= 0.6 is 0 Å². The number of nitrogens with one attached hydrogen (secondary N) is 2. The first-order valence-corrected chi connectivity index (χ1v) is 9.41. The normalized spacial score (nSPS) is 13.9. The summed E-state index contributed by atoms with van der Waals surface area (Å²) in [5, 5.41) is 5.67. The molecule has 154 valence electrons. The highest BCUT2D eigenvalue weighted by molar-refractivity contribution is 5.93. The number of carbonyl (C=O) groups excluding carboxylic acids is 2. The average molecular weight is 399 g/mol. The molecule has 1 unspecified atom stereocenters. The van der Waals surface area contributed by atoms with E-state index >= 15 is 0 Å². The van der Waals surface area contributed by atoms with Crippen LogP contribution in [0.4, 0.5) is 5.69 Å². The van der Waals surface area contributed by atoms with Crippen LogP contribution in [0.5, 0.6) is 17.4 Å². The maximum Gasteiger partial charge on any atom is 0.258 e. The lowest BCUT2D eigenvalue weighted by Gasteiger charge is -2.16.